The average molecular weight is 261 g/mol. The molecule has 1 unspecified atom stereocenters. The van der Waals surface area contributed by atoms with Crippen LogP contribution in [0.4, 0.5) is 0 Å². The van der Waals surface area contributed by atoms with Crippen molar-refractivity contribution in [3.05, 3.63) is 35.9 Å². The molecule has 4 nitrogen and oxygen atoms in total. The number of nitrogens with zero attached hydrogens (tertiary/aromatic N) is 1. The second-order valence-electron chi connectivity index (χ2n) is 4.83. The predicted molar refractivity (Wildman–Crippen MR) is 71.5 cm³/mol. The number of ether oxygens (including phenoxy) is 1. The van der Waals surface area contributed by atoms with Gasteiger partial charge >= 0.3 is 5.97 Å². The summed E-state index contributed by atoms with van der Waals surface area (Å²) >= 11 is 0. The Morgan fingerprint density at radius 1 is 1.37 bits per heavy atom. The van der Waals surface area contributed by atoms with E-state index < -0.39 is 0 Å². The van der Waals surface area contributed by atoms with Crippen LogP contribution in [0.15, 0.2) is 30.3 Å². The first kappa shape index (κ1) is 13.6. The maximum Gasteiger partial charge on any atom is 0.306 e. The number of likely N-dealkylation sites (tertiary alicyclic amines) is 1. The summed E-state index contributed by atoms with van der Waals surface area (Å²) in [6, 6.07) is 10.1. The maximum atomic E-state index is 12.1. The van der Waals surface area contributed by atoms with Crippen molar-refractivity contribution >= 4 is 11.9 Å². The lowest BCUT2D eigenvalue weighted by Gasteiger charge is -2.16. The van der Waals surface area contributed by atoms with Crippen LogP contribution < -0.4 is 0 Å². The number of hydrogen-bond donors (Lipinski definition) is 0. The monoisotopic (exact) mass is 261 g/mol. The van der Waals surface area contributed by atoms with Gasteiger partial charge in [-0.25, -0.2) is 0 Å². The van der Waals surface area contributed by atoms with Crippen LogP contribution in [-0.4, -0.2) is 37.0 Å². The average Bonchev–Trinajstić information content (AvgIpc) is 2.78. The summed E-state index contributed by atoms with van der Waals surface area (Å²) in [6.07, 6.45) is 1.82. The van der Waals surface area contributed by atoms with Crippen LogP contribution in [0.25, 0.3) is 0 Å². The summed E-state index contributed by atoms with van der Waals surface area (Å²) in [5, 5.41) is 0. The van der Waals surface area contributed by atoms with Crippen LogP contribution >= 0.6 is 0 Å². The zero-order valence-electron chi connectivity index (χ0n) is 11.2. The van der Waals surface area contributed by atoms with Gasteiger partial charge in [-0.15, -0.1) is 0 Å². The molecule has 1 aromatic carbocycles. The summed E-state index contributed by atoms with van der Waals surface area (Å²) in [7, 11) is 1.36. The zero-order valence-corrected chi connectivity index (χ0v) is 11.2. The highest BCUT2D eigenvalue weighted by Crippen LogP contribution is 2.22. The van der Waals surface area contributed by atoms with Gasteiger partial charge in [0.2, 0.25) is 5.91 Å². The second kappa shape index (κ2) is 6.36. The van der Waals surface area contributed by atoms with Gasteiger partial charge in [0.25, 0.3) is 0 Å². The number of methoxy groups -OCH3 is 1. The fourth-order valence-electron chi connectivity index (χ4n) is 2.41. The van der Waals surface area contributed by atoms with Crippen LogP contribution in [0, 0.1) is 5.92 Å². The quantitative estimate of drug-likeness (QED) is 0.757. The molecule has 4 heteroatoms. The number of esters is 1. The van der Waals surface area contributed by atoms with Gasteiger partial charge in [0.05, 0.1) is 19.4 Å². The summed E-state index contributed by atoms with van der Waals surface area (Å²) in [6.45, 7) is 1.47. The van der Waals surface area contributed by atoms with E-state index in [0.717, 1.165) is 25.9 Å². The van der Waals surface area contributed by atoms with Crippen LogP contribution in [0.5, 0.6) is 0 Å². The molecule has 1 aliphatic rings. The lowest BCUT2D eigenvalue weighted by molar-refractivity contribution is -0.144. The molecule has 1 aromatic rings. The highest BCUT2D eigenvalue weighted by Gasteiger charge is 2.32. The van der Waals surface area contributed by atoms with Gasteiger partial charge in [-0.3, -0.25) is 9.59 Å². The van der Waals surface area contributed by atoms with E-state index >= 15 is 0 Å². The molecule has 0 bridgehead atoms. The zero-order chi connectivity index (χ0) is 13.7. The molecule has 1 amide bonds. The van der Waals surface area contributed by atoms with E-state index in [1.807, 2.05) is 23.1 Å². The molecule has 102 valence electrons. The summed E-state index contributed by atoms with van der Waals surface area (Å²) in [5.41, 5.74) is 1.23. The molecule has 0 aromatic heterocycles. The normalized spacial score (nSPS) is 18.7. The number of benzene rings is 1. The van der Waals surface area contributed by atoms with E-state index in [2.05, 4.69) is 16.9 Å². The van der Waals surface area contributed by atoms with Gasteiger partial charge in [-0.2, -0.15) is 0 Å². The molecule has 0 N–H and O–H groups in total. The Hall–Kier alpha value is -1.84. The minimum Gasteiger partial charge on any atom is -0.469 e. The van der Waals surface area contributed by atoms with Crippen LogP contribution in [0.1, 0.15) is 18.4 Å². The van der Waals surface area contributed by atoms with Gasteiger partial charge in [0.1, 0.15) is 0 Å². The van der Waals surface area contributed by atoms with Crippen LogP contribution in [0.2, 0.25) is 0 Å². The number of rotatable bonds is 5. The van der Waals surface area contributed by atoms with E-state index in [0.29, 0.717) is 0 Å². The molecular formula is C15H19NO3. The third kappa shape index (κ3) is 3.56. The van der Waals surface area contributed by atoms with Gasteiger partial charge < -0.3 is 9.64 Å². The molecule has 0 spiro atoms. The van der Waals surface area contributed by atoms with Crippen molar-refractivity contribution in [3.63, 3.8) is 0 Å². The van der Waals surface area contributed by atoms with Crippen molar-refractivity contribution in [1.29, 1.82) is 0 Å². The second-order valence-corrected chi connectivity index (χ2v) is 4.83. The Labute approximate surface area is 113 Å². The van der Waals surface area contributed by atoms with E-state index in [4.69, 9.17) is 0 Å². The van der Waals surface area contributed by atoms with E-state index in [-0.39, 0.29) is 24.2 Å². The van der Waals surface area contributed by atoms with Gasteiger partial charge in [-0.1, -0.05) is 30.3 Å². The van der Waals surface area contributed by atoms with E-state index in [1.165, 1.54) is 12.7 Å². The van der Waals surface area contributed by atoms with Gasteiger partial charge in [0.15, 0.2) is 0 Å². The molecule has 0 saturated carbocycles. The molecule has 1 aliphatic heterocycles. The lowest BCUT2D eigenvalue weighted by Crippen LogP contribution is -2.30. The Balaban J connectivity index is 1.83. The van der Waals surface area contributed by atoms with Gasteiger partial charge in [-0.05, 0) is 18.4 Å². The highest BCUT2D eigenvalue weighted by molar-refractivity contribution is 5.85. The molecule has 0 radical (unpaired) electrons. The first-order valence-electron chi connectivity index (χ1n) is 6.60. The Morgan fingerprint density at radius 2 is 2.11 bits per heavy atom. The molecule has 2 rings (SSSR count). The third-order valence-electron chi connectivity index (χ3n) is 3.56. The summed E-state index contributed by atoms with van der Waals surface area (Å²) in [4.78, 5) is 25.2. The molecule has 1 heterocycles. The Kier molecular flexibility index (Phi) is 4.55. The van der Waals surface area contributed by atoms with Crippen molar-refractivity contribution in [1.82, 2.24) is 4.90 Å². The van der Waals surface area contributed by atoms with Crippen molar-refractivity contribution in [2.45, 2.75) is 19.3 Å². The van der Waals surface area contributed by atoms with Crippen molar-refractivity contribution in [2.75, 3.05) is 20.2 Å². The largest absolute Gasteiger partial charge is 0.469 e. The first-order chi connectivity index (χ1) is 9.20. The third-order valence-corrected chi connectivity index (χ3v) is 3.56. The molecule has 0 aliphatic carbocycles. The minimum absolute atomic E-state index is 0.0846. The predicted octanol–water partition coefficient (Wildman–Crippen LogP) is 1.64. The molecular weight excluding hydrogens is 242 g/mol. The topological polar surface area (TPSA) is 46.6 Å². The van der Waals surface area contributed by atoms with E-state index in [9.17, 15) is 9.59 Å². The van der Waals surface area contributed by atoms with Crippen LogP contribution in [0.3, 0.4) is 0 Å². The van der Waals surface area contributed by atoms with Crippen LogP contribution in [-0.2, 0) is 20.7 Å². The van der Waals surface area contributed by atoms with E-state index in [1.54, 1.807) is 0 Å². The molecule has 1 saturated heterocycles. The van der Waals surface area contributed by atoms with Crippen molar-refractivity contribution in [3.8, 4) is 0 Å². The fraction of sp³-hybridized carbons (Fsp3) is 0.467. The summed E-state index contributed by atoms with van der Waals surface area (Å²) in [5.74, 6) is -0.409. The highest BCUT2D eigenvalue weighted by atomic mass is 16.5. The number of carbonyl (C=O) groups excluding carboxylic acids is 2. The molecule has 1 atom stereocenters. The standard InChI is InChI=1S/C15H19NO3/c1-19-14(17)11-13-8-10-16(15(13)18)9-7-12-5-3-2-4-6-12/h2-6,13H,7-11H2,1H3. The SMILES string of the molecule is COC(=O)CC1CCN(CCc2ccccc2)C1=O. The number of amides is 1. The first-order valence-corrected chi connectivity index (χ1v) is 6.60. The number of carbonyl (C=O) groups is 2. The fourth-order valence-corrected chi connectivity index (χ4v) is 2.41. The maximum absolute atomic E-state index is 12.1. The summed E-state index contributed by atoms with van der Waals surface area (Å²) < 4.78 is 4.62. The minimum atomic E-state index is -0.303. The number of hydrogen-bond acceptors (Lipinski definition) is 3. The van der Waals surface area contributed by atoms with Crippen molar-refractivity contribution < 1.29 is 14.3 Å². The molecule has 19 heavy (non-hydrogen) atoms. The lowest BCUT2D eigenvalue weighted by atomic mass is 10.0. The Morgan fingerprint density at radius 3 is 2.79 bits per heavy atom. The smallest absolute Gasteiger partial charge is 0.306 e. The Bertz CT molecular complexity index is 444. The van der Waals surface area contributed by atoms with Crippen molar-refractivity contribution in [2.24, 2.45) is 5.92 Å². The molecule has 1 fully saturated rings. The van der Waals surface area contributed by atoms with Gasteiger partial charge in [0, 0.05) is 13.1 Å².